The number of halogens is 2. The van der Waals surface area contributed by atoms with Gasteiger partial charge in [0.2, 0.25) is 5.95 Å². The van der Waals surface area contributed by atoms with Gasteiger partial charge >= 0.3 is 0 Å². The first-order valence-electron chi connectivity index (χ1n) is 8.92. The van der Waals surface area contributed by atoms with Crippen molar-refractivity contribution in [3.8, 4) is 23.2 Å². The molecule has 0 fully saturated rings. The highest BCUT2D eigenvalue weighted by Crippen LogP contribution is 2.23. The molecule has 8 nitrogen and oxygen atoms in total. The van der Waals surface area contributed by atoms with Crippen molar-refractivity contribution in [3.63, 3.8) is 0 Å². The van der Waals surface area contributed by atoms with Crippen LogP contribution in [0.15, 0.2) is 63.5 Å². The normalized spacial score (nSPS) is 10.5. The lowest BCUT2D eigenvalue weighted by Crippen LogP contribution is -2.12. The minimum atomic E-state index is -0.563. The van der Waals surface area contributed by atoms with Crippen LogP contribution in [0.1, 0.15) is 21.9 Å². The van der Waals surface area contributed by atoms with Gasteiger partial charge < -0.3 is 9.15 Å². The third-order valence-electron chi connectivity index (χ3n) is 4.15. The van der Waals surface area contributed by atoms with Crippen LogP contribution in [0.2, 0.25) is 0 Å². The van der Waals surface area contributed by atoms with E-state index in [0.717, 1.165) is 0 Å². The number of aromatic nitrogens is 3. The highest BCUT2D eigenvalue weighted by atomic mass is 79.9. The summed E-state index contributed by atoms with van der Waals surface area (Å²) in [5.74, 6) is 0.148. The van der Waals surface area contributed by atoms with Crippen LogP contribution in [0.3, 0.4) is 0 Å². The number of nitrogens with zero attached hydrogens (tertiary/aromatic N) is 3. The molecule has 2 N–H and O–H groups in total. The van der Waals surface area contributed by atoms with Gasteiger partial charge in [-0.2, -0.15) is 10.2 Å². The summed E-state index contributed by atoms with van der Waals surface area (Å²) >= 11 is 3.19. The van der Waals surface area contributed by atoms with Gasteiger partial charge in [-0.05, 0) is 54.6 Å². The number of nitriles is 1. The Labute approximate surface area is 183 Å². The topological polar surface area (TPSA) is 117 Å². The number of ether oxygens (including phenoxy) is 1. The first-order valence-corrected chi connectivity index (χ1v) is 9.72. The fourth-order valence-corrected chi connectivity index (χ4v) is 2.97. The van der Waals surface area contributed by atoms with E-state index in [2.05, 4.69) is 36.4 Å². The predicted octanol–water partition coefficient (Wildman–Crippen LogP) is 4.67. The van der Waals surface area contributed by atoms with Crippen LogP contribution in [0.25, 0.3) is 11.4 Å². The summed E-state index contributed by atoms with van der Waals surface area (Å²) in [5, 5.41) is 17.8. The molecular weight excluding hydrogens is 469 g/mol. The Morgan fingerprint density at radius 1 is 1.23 bits per heavy atom. The van der Waals surface area contributed by atoms with Crippen LogP contribution in [-0.4, -0.2) is 21.1 Å². The van der Waals surface area contributed by atoms with Crippen LogP contribution in [0, 0.1) is 17.1 Å². The van der Waals surface area contributed by atoms with Gasteiger partial charge in [0.05, 0.1) is 17.2 Å². The molecule has 0 saturated carbocycles. The second-order valence-electron chi connectivity index (χ2n) is 6.28. The molecule has 1 amide bonds. The summed E-state index contributed by atoms with van der Waals surface area (Å²) in [5.41, 5.74) is 0.749. The lowest BCUT2D eigenvalue weighted by atomic mass is 10.2. The van der Waals surface area contributed by atoms with Crippen molar-refractivity contribution in [1.82, 2.24) is 15.2 Å². The van der Waals surface area contributed by atoms with Crippen molar-refractivity contribution in [2.45, 2.75) is 6.61 Å². The summed E-state index contributed by atoms with van der Waals surface area (Å²) < 4.78 is 25.7. The molecule has 4 aromatic rings. The van der Waals surface area contributed by atoms with Gasteiger partial charge in [-0.3, -0.25) is 15.2 Å². The molecule has 10 heteroatoms. The average molecular weight is 482 g/mol. The maximum absolute atomic E-state index is 14.1. The number of nitrogens with one attached hydrogen (secondary N) is 2. The number of amides is 1. The standard InChI is InChI=1S/C21H13BrFN5O3/c22-13-3-7-16(17(23)9-13)19-25-21(28-27-19)26-20(29)18-8-6-15(31-18)11-30-14-4-1-12(10-24)2-5-14/h1-9H,11H2,(H2,25,26,27,28,29). The monoisotopic (exact) mass is 481 g/mol. The number of carbonyl (C=O) groups excluding carboxylic acids is 1. The van der Waals surface area contributed by atoms with Crippen molar-refractivity contribution < 1.29 is 18.3 Å². The number of rotatable bonds is 6. The van der Waals surface area contributed by atoms with Gasteiger partial charge in [0, 0.05) is 4.47 Å². The van der Waals surface area contributed by atoms with E-state index in [1.165, 1.54) is 18.2 Å². The largest absolute Gasteiger partial charge is 0.486 e. The number of H-pyrrole nitrogens is 1. The Bertz CT molecular complexity index is 1280. The smallest absolute Gasteiger partial charge is 0.293 e. The maximum atomic E-state index is 14.1. The molecule has 2 aromatic heterocycles. The van der Waals surface area contributed by atoms with E-state index < -0.39 is 11.7 Å². The molecule has 0 saturated heterocycles. The van der Waals surface area contributed by atoms with Crippen molar-refractivity contribution in [2.75, 3.05) is 5.32 Å². The molecule has 0 spiro atoms. The average Bonchev–Trinajstić information content (AvgIpc) is 3.42. The van der Waals surface area contributed by atoms with Crippen molar-refractivity contribution in [1.29, 1.82) is 5.26 Å². The zero-order valence-corrected chi connectivity index (χ0v) is 17.3. The molecule has 0 unspecified atom stereocenters. The fraction of sp³-hybridized carbons (Fsp3) is 0.0476. The predicted molar refractivity (Wildman–Crippen MR) is 112 cm³/mol. The van der Waals surface area contributed by atoms with E-state index in [4.69, 9.17) is 14.4 Å². The molecule has 0 aliphatic rings. The zero-order chi connectivity index (χ0) is 21.8. The van der Waals surface area contributed by atoms with Crippen LogP contribution >= 0.6 is 15.9 Å². The summed E-state index contributed by atoms with van der Waals surface area (Å²) in [7, 11) is 0. The number of benzene rings is 2. The van der Waals surface area contributed by atoms with Gasteiger partial charge in [-0.25, -0.2) is 4.39 Å². The third kappa shape index (κ3) is 4.79. The van der Waals surface area contributed by atoms with Crippen molar-refractivity contribution in [3.05, 3.63) is 82.0 Å². The summed E-state index contributed by atoms with van der Waals surface area (Å²) in [6.07, 6.45) is 0. The second-order valence-corrected chi connectivity index (χ2v) is 7.19. The molecule has 0 atom stereocenters. The van der Waals surface area contributed by atoms with E-state index in [1.54, 1.807) is 36.4 Å². The second kappa shape index (κ2) is 8.81. The molecule has 0 bridgehead atoms. The van der Waals surface area contributed by atoms with Crippen LogP contribution in [0.5, 0.6) is 5.75 Å². The van der Waals surface area contributed by atoms with E-state index in [-0.39, 0.29) is 29.7 Å². The van der Waals surface area contributed by atoms with E-state index in [0.29, 0.717) is 21.5 Å². The van der Waals surface area contributed by atoms with Crippen LogP contribution in [-0.2, 0) is 6.61 Å². The van der Waals surface area contributed by atoms with E-state index in [1.807, 2.05) is 6.07 Å². The van der Waals surface area contributed by atoms with Gasteiger partial charge in [0.1, 0.15) is 23.9 Å². The Morgan fingerprint density at radius 2 is 2.03 bits per heavy atom. The van der Waals surface area contributed by atoms with Gasteiger partial charge in [-0.15, -0.1) is 5.10 Å². The zero-order valence-electron chi connectivity index (χ0n) is 15.7. The van der Waals surface area contributed by atoms with Gasteiger partial charge in [0.25, 0.3) is 5.91 Å². The Balaban J connectivity index is 1.38. The van der Waals surface area contributed by atoms with Crippen LogP contribution in [0.4, 0.5) is 10.3 Å². The van der Waals surface area contributed by atoms with Gasteiger partial charge in [-0.1, -0.05) is 15.9 Å². The van der Waals surface area contributed by atoms with E-state index in [9.17, 15) is 9.18 Å². The fourth-order valence-electron chi connectivity index (χ4n) is 2.64. The minimum Gasteiger partial charge on any atom is -0.486 e. The lowest BCUT2D eigenvalue weighted by Gasteiger charge is -2.03. The molecule has 4 rings (SSSR count). The Hall–Kier alpha value is -3.97. The summed E-state index contributed by atoms with van der Waals surface area (Å²) in [6, 6.07) is 16.3. The molecule has 2 aromatic carbocycles. The lowest BCUT2D eigenvalue weighted by molar-refractivity contribution is 0.0992. The molecule has 0 radical (unpaired) electrons. The molecule has 31 heavy (non-hydrogen) atoms. The molecule has 154 valence electrons. The first kappa shape index (κ1) is 20.3. The highest BCUT2D eigenvalue weighted by molar-refractivity contribution is 9.10. The van der Waals surface area contributed by atoms with Crippen LogP contribution < -0.4 is 10.1 Å². The number of hydrogen-bond donors (Lipinski definition) is 2. The molecule has 0 aliphatic carbocycles. The molecular formula is C21H13BrFN5O3. The molecule has 0 aliphatic heterocycles. The maximum Gasteiger partial charge on any atom is 0.293 e. The number of hydrogen-bond acceptors (Lipinski definition) is 6. The SMILES string of the molecule is N#Cc1ccc(OCc2ccc(C(=O)Nc3n[nH]c(-c4ccc(Br)cc4F)n3)o2)cc1. The highest BCUT2D eigenvalue weighted by Gasteiger charge is 2.16. The first-order chi connectivity index (χ1) is 15.0. The molecule has 2 heterocycles. The summed E-state index contributed by atoms with van der Waals surface area (Å²) in [4.78, 5) is 16.5. The Kier molecular flexibility index (Phi) is 5.77. The van der Waals surface area contributed by atoms with Gasteiger partial charge in [0.15, 0.2) is 11.6 Å². The number of furan rings is 1. The Morgan fingerprint density at radius 3 is 2.77 bits per heavy atom. The number of carbonyl (C=O) groups is 1. The minimum absolute atomic E-state index is 0.0194. The number of aromatic amines is 1. The van der Waals surface area contributed by atoms with E-state index >= 15 is 0 Å². The number of anilines is 1. The quantitative estimate of drug-likeness (QED) is 0.413. The van der Waals surface area contributed by atoms with Crippen molar-refractivity contribution in [2.24, 2.45) is 0 Å². The van der Waals surface area contributed by atoms with Crippen molar-refractivity contribution >= 4 is 27.8 Å². The summed E-state index contributed by atoms with van der Waals surface area (Å²) in [6.45, 7) is 0.104. The third-order valence-corrected chi connectivity index (χ3v) is 4.64.